The Morgan fingerprint density at radius 1 is 0.323 bits per heavy atom. The van der Waals surface area contributed by atoms with Gasteiger partial charge in [-0.25, -0.2) is 0 Å². The maximum atomic E-state index is 2.48. The third-order valence-electron chi connectivity index (χ3n) is 14.4. The highest BCUT2D eigenvalue weighted by Crippen LogP contribution is 2.58. The van der Waals surface area contributed by atoms with Crippen molar-refractivity contribution < 1.29 is 0 Å². The molecule has 0 amide bonds. The molecule has 1 heterocycles. The second-order valence-electron chi connectivity index (χ2n) is 17.7. The highest BCUT2D eigenvalue weighted by molar-refractivity contribution is 7.25. The Labute approximate surface area is 384 Å². The van der Waals surface area contributed by atoms with Gasteiger partial charge in [-0.1, -0.05) is 194 Å². The lowest BCUT2D eigenvalue weighted by atomic mass is 9.68. The Bertz CT molecular complexity index is 3580. The first-order valence-corrected chi connectivity index (χ1v) is 23.4. The van der Waals surface area contributed by atoms with Crippen molar-refractivity contribution in [1.82, 2.24) is 0 Å². The number of fused-ring (bicyclic) bond motifs is 9. The highest BCUT2D eigenvalue weighted by atomic mass is 32.1. The molecular weight excluding hydrogens is 803 g/mol. The molecule has 0 radical (unpaired) electrons. The van der Waals surface area contributed by atoms with E-state index in [9.17, 15) is 0 Å². The van der Waals surface area contributed by atoms with E-state index in [0.717, 1.165) is 17.1 Å². The van der Waals surface area contributed by atoms with E-state index in [-0.39, 0.29) is 5.41 Å². The van der Waals surface area contributed by atoms with Gasteiger partial charge in [-0.2, -0.15) is 0 Å². The second kappa shape index (κ2) is 14.6. The van der Waals surface area contributed by atoms with Crippen molar-refractivity contribution in [3.63, 3.8) is 0 Å². The van der Waals surface area contributed by atoms with Gasteiger partial charge >= 0.3 is 0 Å². The molecule has 2 heteroatoms. The molecule has 1 unspecified atom stereocenters. The Hall–Kier alpha value is -7.78. The van der Waals surface area contributed by atoms with Crippen LogP contribution in [0.15, 0.2) is 243 Å². The summed E-state index contributed by atoms with van der Waals surface area (Å²) in [5.41, 5.74) is 19.2. The lowest BCUT2D eigenvalue weighted by Crippen LogP contribution is -2.28. The van der Waals surface area contributed by atoms with Crippen LogP contribution in [-0.2, 0) is 10.8 Å². The molecule has 2 aliphatic carbocycles. The van der Waals surface area contributed by atoms with Crippen molar-refractivity contribution in [1.29, 1.82) is 0 Å². The number of nitrogens with zero attached hydrogens (tertiary/aromatic N) is 1. The quantitative estimate of drug-likeness (QED) is 0.154. The van der Waals surface area contributed by atoms with Crippen LogP contribution in [0.1, 0.15) is 45.9 Å². The fraction of sp³-hybridized carbons (Fsp3) is 0.0476. The number of hydrogen-bond acceptors (Lipinski definition) is 2. The summed E-state index contributed by atoms with van der Waals surface area (Å²) in [6, 6.07) is 90.4. The van der Waals surface area contributed by atoms with Crippen molar-refractivity contribution >= 4 is 48.6 Å². The van der Waals surface area contributed by atoms with E-state index in [1.807, 2.05) is 11.3 Å². The Morgan fingerprint density at radius 3 is 1.52 bits per heavy atom. The fourth-order valence-electron chi connectivity index (χ4n) is 11.5. The molecule has 0 aliphatic heterocycles. The average molecular weight is 846 g/mol. The highest BCUT2D eigenvalue weighted by Gasteiger charge is 2.46. The number of anilines is 3. The number of thiophene rings is 1. The van der Waals surface area contributed by atoms with E-state index in [4.69, 9.17) is 0 Å². The minimum Gasteiger partial charge on any atom is -0.310 e. The SMILES string of the molecule is CC1(c2ccccc2)c2ccccc2-c2cc(N(c3cccc(-c4ccc5c(c4)sc4ccccc45)c3)c3ccc4c(c3)-c3ccccc3C4(c3ccccc3)c3ccccc3)ccc21. The van der Waals surface area contributed by atoms with Crippen molar-refractivity contribution in [3.05, 3.63) is 282 Å². The average Bonchev–Trinajstić information content (AvgIpc) is 3.99. The molecule has 1 nitrogen and oxygen atoms in total. The molecular formula is C63H43NS. The minimum atomic E-state index is -0.470. The van der Waals surface area contributed by atoms with E-state index >= 15 is 0 Å². The molecule has 0 fully saturated rings. The second-order valence-corrected chi connectivity index (χ2v) is 18.8. The van der Waals surface area contributed by atoms with Gasteiger partial charge in [0.2, 0.25) is 0 Å². The van der Waals surface area contributed by atoms with Gasteiger partial charge in [-0.3, -0.25) is 0 Å². The summed E-state index contributed by atoms with van der Waals surface area (Å²) in [6.45, 7) is 2.39. The predicted molar refractivity (Wildman–Crippen MR) is 274 cm³/mol. The fourth-order valence-corrected chi connectivity index (χ4v) is 12.6. The summed E-state index contributed by atoms with van der Waals surface area (Å²) in [6.07, 6.45) is 0. The zero-order chi connectivity index (χ0) is 43.1. The standard InChI is InChI=1S/C63H43NS/c1-62(44-19-5-2-6-20-44)56-29-14-11-26-50(56)54-40-48(33-36-57(54)62)64(47-25-17-18-42(38-47)43-32-35-53-52-28-13-16-31-60(52)65-61(53)39-43)49-34-37-59-55(41-49)51-27-12-15-30-58(51)63(59,45-21-7-3-8-22-45)46-23-9-4-10-24-46/h2-41H,1H3. The lowest BCUT2D eigenvalue weighted by Gasteiger charge is -2.34. The Kier molecular flexibility index (Phi) is 8.50. The molecule has 0 saturated carbocycles. The van der Waals surface area contributed by atoms with Crippen LogP contribution in [0.3, 0.4) is 0 Å². The van der Waals surface area contributed by atoms with E-state index in [1.54, 1.807) is 0 Å². The van der Waals surface area contributed by atoms with Gasteiger partial charge in [0.15, 0.2) is 0 Å². The summed E-state index contributed by atoms with van der Waals surface area (Å²) in [5.74, 6) is 0. The first kappa shape index (κ1) is 37.7. The molecule has 2 aliphatic rings. The summed E-state index contributed by atoms with van der Waals surface area (Å²) >= 11 is 1.87. The van der Waals surface area contributed by atoms with Crippen LogP contribution >= 0.6 is 11.3 Å². The monoisotopic (exact) mass is 845 g/mol. The molecule has 0 saturated heterocycles. The van der Waals surface area contributed by atoms with E-state index < -0.39 is 5.41 Å². The largest absolute Gasteiger partial charge is 0.310 e. The molecule has 0 spiro atoms. The summed E-state index contributed by atoms with van der Waals surface area (Å²) < 4.78 is 2.63. The maximum Gasteiger partial charge on any atom is 0.0713 e. The third kappa shape index (κ3) is 5.57. The number of hydrogen-bond donors (Lipinski definition) is 0. The van der Waals surface area contributed by atoms with Gasteiger partial charge in [0, 0.05) is 42.6 Å². The molecule has 13 rings (SSSR count). The van der Waals surface area contributed by atoms with Crippen LogP contribution in [0, 0.1) is 0 Å². The first-order valence-electron chi connectivity index (χ1n) is 22.6. The molecule has 11 aromatic rings. The van der Waals surface area contributed by atoms with Gasteiger partial charge in [-0.05, 0) is 128 Å². The molecule has 10 aromatic carbocycles. The zero-order valence-electron chi connectivity index (χ0n) is 35.9. The minimum absolute atomic E-state index is 0.281. The summed E-state index contributed by atoms with van der Waals surface area (Å²) in [7, 11) is 0. The maximum absolute atomic E-state index is 2.48. The summed E-state index contributed by atoms with van der Waals surface area (Å²) in [4.78, 5) is 2.48. The van der Waals surface area contributed by atoms with E-state index in [0.29, 0.717) is 0 Å². The van der Waals surface area contributed by atoms with Gasteiger partial charge in [0.25, 0.3) is 0 Å². The van der Waals surface area contributed by atoms with E-state index in [1.165, 1.54) is 92.5 Å². The molecule has 65 heavy (non-hydrogen) atoms. The van der Waals surface area contributed by atoms with Crippen molar-refractivity contribution in [2.75, 3.05) is 4.90 Å². The Balaban J connectivity index is 1.03. The van der Waals surface area contributed by atoms with Crippen LogP contribution in [0.2, 0.25) is 0 Å². The van der Waals surface area contributed by atoms with Gasteiger partial charge in [0.1, 0.15) is 0 Å². The third-order valence-corrected chi connectivity index (χ3v) is 15.6. The predicted octanol–water partition coefficient (Wildman–Crippen LogP) is 16.9. The van der Waals surface area contributed by atoms with Crippen LogP contribution in [0.25, 0.3) is 53.6 Å². The lowest BCUT2D eigenvalue weighted by molar-refractivity contribution is 0.714. The van der Waals surface area contributed by atoms with Crippen LogP contribution in [0.4, 0.5) is 17.1 Å². The van der Waals surface area contributed by atoms with Gasteiger partial charge < -0.3 is 4.90 Å². The topological polar surface area (TPSA) is 3.24 Å². The van der Waals surface area contributed by atoms with Crippen LogP contribution in [-0.4, -0.2) is 0 Å². The first-order chi connectivity index (χ1) is 32.1. The van der Waals surface area contributed by atoms with E-state index in [2.05, 4.69) is 254 Å². The molecule has 1 aromatic heterocycles. The van der Waals surface area contributed by atoms with Crippen molar-refractivity contribution in [3.8, 4) is 33.4 Å². The van der Waals surface area contributed by atoms with Crippen molar-refractivity contribution in [2.24, 2.45) is 0 Å². The zero-order valence-corrected chi connectivity index (χ0v) is 36.8. The van der Waals surface area contributed by atoms with Crippen molar-refractivity contribution in [2.45, 2.75) is 17.8 Å². The van der Waals surface area contributed by atoms with Gasteiger partial charge in [-0.15, -0.1) is 11.3 Å². The number of benzene rings is 10. The van der Waals surface area contributed by atoms with Crippen LogP contribution < -0.4 is 4.90 Å². The van der Waals surface area contributed by atoms with Gasteiger partial charge in [0.05, 0.1) is 5.41 Å². The molecule has 0 N–H and O–H groups in total. The normalized spacial score (nSPS) is 15.3. The Morgan fingerprint density at radius 2 is 0.815 bits per heavy atom. The molecule has 0 bridgehead atoms. The number of rotatable bonds is 7. The van der Waals surface area contributed by atoms with Crippen LogP contribution in [0.5, 0.6) is 0 Å². The smallest absolute Gasteiger partial charge is 0.0713 e. The molecule has 306 valence electrons. The summed E-state index contributed by atoms with van der Waals surface area (Å²) in [5, 5.41) is 2.64. The molecule has 1 atom stereocenters.